The number of imide groups is 1. The Bertz CT molecular complexity index is 2400. The zero-order chi connectivity index (χ0) is 42.0. The van der Waals surface area contributed by atoms with Crippen LogP contribution in [0.1, 0.15) is 90.9 Å². The van der Waals surface area contributed by atoms with Crippen molar-refractivity contribution in [1.29, 1.82) is 0 Å². The summed E-state index contributed by atoms with van der Waals surface area (Å²) >= 11 is 0. The largest absolute Gasteiger partial charge is 0.394 e. The molecular weight excluding hydrogens is 781 g/mol. The minimum absolute atomic E-state index is 0.0527. The number of piperidine rings is 1. The Kier molecular flexibility index (Phi) is 12.1. The van der Waals surface area contributed by atoms with Crippen molar-refractivity contribution >= 4 is 50.7 Å². The topological polar surface area (TPSA) is 177 Å². The van der Waals surface area contributed by atoms with E-state index in [1.165, 1.54) is 0 Å². The van der Waals surface area contributed by atoms with Crippen LogP contribution in [0, 0.1) is 12.8 Å². The van der Waals surface area contributed by atoms with Crippen LogP contribution in [0.3, 0.4) is 0 Å². The second-order valence-electron chi connectivity index (χ2n) is 16.4. The van der Waals surface area contributed by atoms with E-state index >= 15 is 0 Å². The van der Waals surface area contributed by atoms with Gasteiger partial charge in [-0.1, -0.05) is 61.2 Å². The second kappa shape index (κ2) is 17.6. The first-order valence-corrected chi connectivity index (χ1v) is 22.5. The van der Waals surface area contributed by atoms with Crippen molar-refractivity contribution in [2.75, 3.05) is 35.6 Å². The Balaban J connectivity index is 0.814. The summed E-state index contributed by atoms with van der Waals surface area (Å²) < 4.78 is 29.6. The molecule has 2 fully saturated rings. The number of fused-ring (bicyclic) bond motifs is 4. The fourth-order valence-corrected chi connectivity index (χ4v) is 10.9. The van der Waals surface area contributed by atoms with Crippen LogP contribution in [0.15, 0.2) is 89.8 Å². The van der Waals surface area contributed by atoms with E-state index in [1.807, 2.05) is 73.7 Å². The summed E-state index contributed by atoms with van der Waals surface area (Å²) in [6.07, 6.45) is 6.17. The molecule has 14 heteroatoms. The maximum atomic E-state index is 14.0. The number of anilines is 3. The van der Waals surface area contributed by atoms with Crippen LogP contribution in [-0.2, 0) is 31.0 Å². The standard InChI is InChI=1S/C46H52N6O7S/c1-29-14-17-33(18-15-29)60(58,59)52-24-22-35-40(28-53)49-39-19-16-31(26-36(39)44(35)52)30-9-7-10-32(25-30)48-42(54)13-5-3-2-4-6-23-47-38-12-8-11-34-37(38)27-51(46(34)57)41-20-21-43(55)50-45(41)56/h7-12,14-19,25-26,35,40-41,44,47,49,53H,2-6,13,20-24,27-28H2,1H3,(H,48,54)(H,50,55,56)/t35-,40+,41?,44-/m1/s1. The molecule has 0 aromatic heterocycles. The molecule has 0 saturated carbocycles. The Labute approximate surface area is 351 Å². The molecule has 13 nitrogen and oxygen atoms in total. The highest BCUT2D eigenvalue weighted by Crippen LogP contribution is 2.49. The lowest BCUT2D eigenvalue weighted by atomic mass is 9.82. The van der Waals surface area contributed by atoms with Gasteiger partial charge >= 0.3 is 0 Å². The van der Waals surface area contributed by atoms with Gasteiger partial charge in [0, 0.05) is 66.6 Å². The maximum Gasteiger partial charge on any atom is 0.255 e. The number of amides is 4. The quantitative estimate of drug-likeness (QED) is 0.0675. The number of aryl methyl sites for hydroxylation is 1. The fourth-order valence-electron chi connectivity index (χ4n) is 9.23. The highest BCUT2D eigenvalue weighted by Gasteiger charge is 2.48. The van der Waals surface area contributed by atoms with Gasteiger partial charge in [-0.25, -0.2) is 8.42 Å². The third kappa shape index (κ3) is 8.41. The van der Waals surface area contributed by atoms with E-state index in [9.17, 15) is 32.7 Å². The molecule has 314 valence electrons. The molecule has 5 N–H and O–H groups in total. The Morgan fingerprint density at radius 2 is 1.65 bits per heavy atom. The van der Waals surface area contributed by atoms with E-state index in [1.54, 1.807) is 27.4 Å². The SMILES string of the molecule is Cc1ccc(S(=O)(=O)N2CC[C@@H]3[C@H](CO)Nc4ccc(-c5cccc(NC(=O)CCCCCCCNc6cccc7c6CN(C6CCC(=O)NC6=O)C7=O)c5)cc4[C@@H]32)cc1. The van der Waals surface area contributed by atoms with Crippen LogP contribution in [0.2, 0.25) is 0 Å². The summed E-state index contributed by atoms with van der Waals surface area (Å²) in [6, 6.07) is 24.8. The van der Waals surface area contributed by atoms with Crippen molar-refractivity contribution in [2.24, 2.45) is 5.92 Å². The molecule has 60 heavy (non-hydrogen) atoms. The predicted octanol–water partition coefficient (Wildman–Crippen LogP) is 6.35. The first-order chi connectivity index (χ1) is 29.0. The first-order valence-electron chi connectivity index (χ1n) is 21.0. The molecule has 4 heterocycles. The lowest BCUT2D eigenvalue weighted by molar-refractivity contribution is -0.137. The molecule has 0 spiro atoms. The van der Waals surface area contributed by atoms with Gasteiger partial charge in [0.25, 0.3) is 5.91 Å². The number of unbranched alkanes of at least 4 members (excludes halogenated alkanes) is 4. The Morgan fingerprint density at radius 1 is 0.883 bits per heavy atom. The zero-order valence-electron chi connectivity index (χ0n) is 33.8. The summed E-state index contributed by atoms with van der Waals surface area (Å²) in [5.41, 5.74) is 7.51. The van der Waals surface area contributed by atoms with Crippen molar-refractivity contribution in [2.45, 2.75) is 94.3 Å². The molecule has 0 bridgehead atoms. The average Bonchev–Trinajstić information content (AvgIpc) is 3.84. The monoisotopic (exact) mass is 832 g/mol. The molecule has 1 unspecified atom stereocenters. The van der Waals surface area contributed by atoms with Crippen LogP contribution >= 0.6 is 0 Å². The van der Waals surface area contributed by atoms with Gasteiger partial charge in [-0.2, -0.15) is 4.31 Å². The number of hydrogen-bond acceptors (Lipinski definition) is 9. The normalized spacial score (nSPS) is 21.2. The van der Waals surface area contributed by atoms with Crippen molar-refractivity contribution in [3.05, 3.63) is 107 Å². The number of hydrogen-bond donors (Lipinski definition) is 5. The molecule has 4 amide bonds. The molecule has 4 aliphatic heterocycles. The van der Waals surface area contributed by atoms with Gasteiger partial charge in [0.05, 0.1) is 23.6 Å². The number of benzene rings is 4. The molecule has 4 atom stereocenters. The zero-order valence-corrected chi connectivity index (χ0v) is 34.6. The molecule has 2 saturated heterocycles. The van der Waals surface area contributed by atoms with E-state index in [4.69, 9.17) is 0 Å². The smallest absolute Gasteiger partial charge is 0.255 e. The van der Waals surface area contributed by atoms with Crippen molar-refractivity contribution in [3.63, 3.8) is 0 Å². The average molecular weight is 833 g/mol. The van der Waals surface area contributed by atoms with Gasteiger partial charge in [-0.15, -0.1) is 0 Å². The van der Waals surface area contributed by atoms with Gasteiger partial charge in [0.15, 0.2) is 0 Å². The van der Waals surface area contributed by atoms with E-state index < -0.39 is 28.0 Å². The van der Waals surface area contributed by atoms with E-state index in [-0.39, 0.29) is 47.6 Å². The number of carbonyl (C=O) groups is 4. The Hall–Kier alpha value is -5.57. The molecule has 0 aliphatic carbocycles. The summed E-state index contributed by atoms with van der Waals surface area (Å²) in [5.74, 6) is -1.05. The van der Waals surface area contributed by atoms with Crippen molar-refractivity contribution < 1.29 is 32.7 Å². The lowest BCUT2D eigenvalue weighted by Gasteiger charge is -2.39. The molecule has 0 radical (unpaired) electrons. The number of aliphatic hydroxyl groups excluding tert-OH is 1. The van der Waals surface area contributed by atoms with Crippen molar-refractivity contribution in [3.8, 4) is 11.1 Å². The van der Waals surface area contributed by atoms with Crippen LogP contribution in [0.5, 0.6) is 0 Å². The maximum absolute atomic E-state index is 14.0. The molecular formula is C46H52N6O7S. The van der Waals surface area contributed by atoms with Gasteiger partial charge in [0.1, 0.15) is 6.04 Å². The summed E-state index contributed by atoms with van der Waals surface area (Å²) in [5, 5.41) is 22.6. The second-order valence-corrected chi connectivity index (χ2v) is 18.3. The first kappa shape index (κ1) is 41.2. The third-order valence-electron chi connectivity index (χ3n) is 12.4. The number of carbonyl (C=O) groups excluding carboxylic acids is 4. The van der Waals surface area contributed by atoms with Crippen LogP contribution in [0.4, 0.5) is 17.1 Å². The predicted molar refractivity (Wildman–Crippen MR) is 230 cm³/mol. The number of sulfonamides is 1. The number of nitrogens with one attached hydrogen (secondary N) is 4. The van der Waals surface area contributed by atoms with Crippen molar-refractivity contribution in [1.82, 2.24) is 14.5 Å². The van der Waals surface area contributed by atoms with Crippen LogP contribution in [-0.4, -0.2) is 78.1 Å². The van der Waals surface area contributed by atoms with E-state index in [0.717, 1.165) is 77.8 Å². The number of nitrogens with zero attached hydrogens (tertiary/aromatic N) is 2. The van der Waals surface area contributed by atoms with E-state index in [0.29, 0.717) is 43.6 Å². The molecule has 4 aromatic rings. The van der Waals surface area contributed by atoms with Gasteiger partial charge in [-0.05, 0) is 97.8 Å². The number of aliphatic hydroxyl groups is 1. The van der Waals surface area contributed by atoms with Gasteiger partial charge < -0.3 is 26.0 Å². The van der Waals surface area contributed by atoms with Gasteiger partial charge in [-0.3, -0.25) is 24.5 Å². The lowest BCUT2D eigenvalue weighted by Crippen LogP contribution is -2.52. The highest BCUT2D eigenvalue weighted by atomic mass is 32.2. The Morgan fingerprint density at radius 3 is 2.45 bits per heavy atom. The fraction of sp³-hybridized carbons (Fsp3) is 0.391. The van der Waals surface area contributed by atoms with Crippen LogP contribution < -0.4 is 21.3 Å². The molecule has 4 aromatic carbocycles. The van der Waals surface area contributed by atoms with Gasteiger partial charge in [0.2, 0.25) is 27.7 Å². The van der Waals surface area contributed by atoms with Crippen LogP contribution in [0.25, 0.3) is 11.1 Å². The number of rotatable bonds is 15. The summed E-state index contributed by atoms with van der Waals surface area (Å²) in [7, 11) is -3.79. The van der Waals surface area contributed by atoms with E-state index in [2.05, 4.69) is 21.3 Å². The third-order valence-corrected chi connectivity index (χ3v) is 14.3. The minimum Gasteiger partial charge on any atom is -0.394 e. The minimum atomic E-state index is -3.79. The summed E-state index contributed by atoms with van der Waals surface area (Å²) in [4.78, 5) is 52.0. The highest BCUT2D eigenvalue weighted by molar-refractivity contribution is 7.89. The molecule has 8 rings (SSSR count). The molecule has 4 aliphatic rings. The summed E-state index contributed by atoms with van der Waals surface area (Å²) in [6.45, 7) is 3.25.